The zero-order valence-corrected chi connectivity index (χ0v) is 12.0. The van der Waals surface area contributed by atoms with Gasteiger partial charge < -0.3 is 9.84 Å². The first-order valence-electron chi connectivity index (χ1n) is 6.40. The molecule has 0 aliphatic heterocycles. The molecule has 2 rings (SSSR count). The molecule has 7 heteroatoms. The maximum absolute atomic E-state index is 12.8. The van der Waals surface area contributed by atoms with E-state index in [9.17, 15) is 18.0 Å². The molecule has 1 fully saturated rings. The number of hydrogen-bond donors (Lipinski definition) is 1. The van der Waals surface area contributed by atoms with Crippen LogP contribution >= 0.6 is 11.6 Å². The van der Waals surface area contributed by atoms with E-state index in [0.29, 0.717) is 5.56 Å². The second kappa shape index (κ2) is 5.75. The van der Waals surface area contributed by atoms with Gasteiger partial charge in [-0.05, 0) is 30.9 Å². The molecule has 1 unspecified atom stereocenters. The first-order valence-corrected chi connectivity index (χ1v) is 6.78. The third-order valence-corrected chi connectivity index (χ3v) is 3.91. The van der Waals surface area contributed by atoms with E-state index in [1.165, 1.54) is 7.11 Å². The van der Waals surface area contributed by atoms with Gasteiger partial charge in [0.05, 0.1) is 19.1 Å². The topological polar surface area (TPSA) is 46.5 Å². The molecule has 1 aromatic rings. The molecule has 116 valence electrons. The van der Waals surface area contributed by atoms with Gasteiger partial charge in [-0.2, -0.15) is 13.2 Å². The number of methoxy groups -OCH3 is 1. The Labute approximate surface area is 124 Å². The van der Waals surface area contributed by atoms with Crippen LogP contribution in [0.2, 0.25) is 5.02 Å². The van der Waals surface area contributed by atoms with Crippen LogP contribution in [0.4, 0.5) is 13.2 Å². The van der Waals surface area contributed by atoms with Crippen molar-refractivity contribution in [3.05, 3.63) is 28.3 Å². The van der Waals surface area contributed by atoms with Crippen molar-refractivity contribution in [2.24, 2.45) is 5.92 Å². The summed E-state index contributed by atoms with van der Waals surface area (Å²) in [5.74, 6) is -1.31. The molecule has 0 bridgehead atoms. The SMILES string of the molecule is COc1cc(C(F)(F)F)cc(Cl)c1C(CC(=O)O)C1CC1. The summed E-state index contributed by atoms with van der Waals surface area (Å²) in [4.78, 5) is 11.0. The van der Waals surface area contributed by atoms with Crippen molar-refractivity contribution in [2.75, 3.05) is 7.11 Å². The van der Waals surface area contributed by atoms with Crippen LogP contribution < -0.4 is 4.74 Å². The van der Waals surface area contributed by atoms with Crippen molar-refractivity contribution in [1.29, 1.82) is 0 Å². The van der Waals surface area contributed by atoms with Gasteiger partial charge >= 0.3 is 12.1 Å². The van der Waals surface area contributed by atoms with Crippen molar-refractivity contribution in [2.45, 2.75) is 31.4 Å². The summed E-state index contributed by atoms with van der Waals surface area (Å²) >= 11 is 6.00. The average molecular weight is 323 g/mol. The van der Waals surface area contributed by atoms with E-state index in [1.807, 2.05) is 0 Å². The quantitative estimate of drug-likeness (QED) is 0.877. The Morgan fingerprint density at radius 2 is 2.10 bits per heavy atom. The average Bonchev–Trinajstić information content (AvgIpc) is 3.18. The van der Waals surface area contributed by atoms with E-state index in [0.717, 1.165) is 25.0 Å². The number of carboxylic acid groups (broad SMARTS) is 1. The van der Waals surface area contributed by atoms with E-state index in [4.69, 9.17) is 21.4 Å². The highest BCUT2D eigenvalue weighted by Crippen LogP contribution is 2.50. The number of aliphatic carboxylic acids is 1. The molecule has 0 amide bonds. The number of carboxylic acids is 1. The Bertz CT molecular complexity index is 553. The van der Waals surface area contributed by atoms with Crippen LogP contribution in [-0.2, 0) is 11.0 Å². The molecule has 1 aliphatic rings. The van der Waals surface area contributed by atoms with Crippen LogP contribution in [0.15, 0.2) is 12.1 Å². The van der Waals surface area contributed by atoms with Gasteiger partial charge in [-0.15, -0.1) is 0 Å². The highest BCUT2D eigenvalue weighted by molar-refractivity contribution is 6.31. The van der Waals surface area contributed by atoms with Gasteiger partial charge in [0, 0.05) is 16.5 Å². The summed E-state index contributed by atoms with van der Waals surface area (Å²) in [6.45, 7) is 0. The van der Waals surface area contributed by atoms with Gasteiger partial charge in [-0.25, -0.2) is 0 Å². The minimum Gasteiger partial charge on any atom is -0.496 e. The van der Waals surface area contributed by atoms with Crippen molar-refractivity contribution in [3.63, 3.8) is 0 Å². The maximum atomic E-state index is 12.8. The molecule has 0 aromatic heterocycles. The van der Waals surface area contributed by atoms with Crippen LogP contribution in [-0.4, -0.2) is 18.2 Å². The minimum atomic E-state index is -4.53. The molecular formula is C14H14ClF3O3. The van der Waals surface area contributed by atoms with Crippen molar-refractivity contribution in [3.8, 4) is 5.75 Å². The zero-order chi connectivity index (χ0) is 15.8. The summed E-state index contributed by atoms with van der Waals surface area (Å²) in [6, 6.07) is 1.70. The van der Waals surface area contributed by atoms with Gasteiger partial charge in [-0.3, -0.25) is 4.79 Å². The molecule has 0 spiro atoms. The molecule has 3 nitrogen and oxygen atoms in total. The van der Waals surface area contributed by atoms with Crippen LogP contribution in [0.1, 0.15) is 36.3 Å². The summed E-state index contributed by atoms with van der Waals surface area (Å²) in [5.41, 5.74) is -0.546. The fourth-order valence-corrected chi connectivity index (χ4v) is 2.83. The van der Waals surface area contributed by atoms with Crippen molar-refractivity contribution in [1.82, 2.24) is 0 Å². The molecule has 1 aliphatic carbocycles. The second-order valence-electron chi connectivity index (χ2n) is 5.11. The fourth-order valence-electron chi connectivity index (χ4n) is 2.48. The van der Waals surface area contributed by atoms with Crippen LogP contribution in [0.3, 0.4) is 0 Å². The van der Waals surface area contributed by atoms with Crippen LogP contribution in [0, 0.1) is 5.92 Å². The number of alkyl halides is 3. The number of carbonyl (C=O) groups is 1. The van der Waals surface area contributed by atoms with E-state index >= 15 is 0 Å². The number of rotatable bonds is 5. The van der Waals surface area contributed by atoms with Gasteiger partial charge in [0.2, 0.25) is 0 Å². The lowest BCUT2D eigenvalue weighted by Gasteiger charge is -2.21. The number of halogens is 4. The van der Waals surface area contributed by atoms with Crippen LogP contribution in [0.25, 0.3) is 0 Å². The Hall–Kier alpha value is -1.43. The van der Waals surface area contributed by atoms with Crippen molar-refractivity contribution < 1.29 is 27.8 Å². The maximum Gasteiger partial charge on any atom is 0.416 e. The summed E-state index contributed by atoms with van der Waals surface area (Å²) < 4.78 is 43.4. The second-order valence-corrected chi connectivity index (χ2v) is 5.52. The first kappa shape index (κ1) is 15.9. The standard InChI is InChI=1S/C14H14ClF3O3/c1-21-11-5-8(14(16,17)18)4-10(15)13(11)9(6-12(19)20)7-2-3-7/h4-5,7,9H,2-3,6H2,1H3,(H,19,20). The smallest absolute Gasteiger partial charge is 0.416 e. The van der Waals surface area contributed by atoms with E-state index in [2.05, 4.69) is 0 Å². The fraction of sp³-hybridized carbons (Fsp3) is 0.500. The zero-order valence-electron chi connectivity index (χ0n) is 11.2. The van der Waals surface area contributed by atoms with E-state index < -0.39 is 23.6 Å². The minimum absolute atomic E-state index is 0.00650. The number of ether oxygens (including phenoxy) is 1. The monoisotopic (exact) mass is 322 g/mol. The normalized spacial score (nSPS) is 16.6. The molecule has 1 N–H and O–H groups in total. The van der Waals surface area contributed by atoms with Crippen LogP contribution in [0.5, 0.6) is 5.75 Å². The molecule has 1 aromatic carbocycles. The molecule has 0 heterocycles. The largest absolute Gasteiger partial charge is 0.496 e. The van der Waals surface area contributed by atoms with Gasteiger partial charge in [0.15, 0.2) is 0 Å². The number of hydrogen-bond acceptors (Lipinski definition) is 2. The Balaban J connectivity index is 2.48. The summed E-state index contributed by atoms with van der Waals surface area (Å²) in [7, 11) is 1.25. The molecular weight excluding hydrogens is 309 g/mol. The molecule has 0 radical (unpaired) electrons. The highest BCUT2D eigenvalue weighted by atomic mass is 35.5. The van der Waals surface area contributed by atoms with Gasteiger partial charge in [0.25, 0.3) is 0 Å². The molecule has 1 saturated carbocycles. The molecule has 1 atom stereocenters. The van der Waals surface area contributed by atoms with E-state index in [1.54, 1.807) is 0 Å². The first-order chi connectivity index (χ1) is 9.74. The predicted molar refractivity (Wildman–Crippen MR) is 70.7 cm³/mol. The number of benzene rings is 1. The predicted octanol–water partition coefficient (Wildman–Crippen LogP) is 4.34. The van der Waals surface area contributed by atoms with Crippen molar-refractivity contribution >= 4 is 17.6 Å². The van der Waals surface area contributed by atoms with E-state index in [-0.39, 0.29) is 23.1 Å². The lowest BCUT2D eigenvalue weighted by atomic mass is 9.89. The third kappa shape index (κ3) is 3.61. The lowest BCUT2D eigenvalue weighted by Crippen LogP contribution is -2.12. The van der Waals surface area contributed by atoms with Gasteiger partial charge in [0.1, 0.15) is 5.75 Å². The van der Waals surface area contributed by atoms with Gasteiger partial charge in [-0.1, -0.05) is 11.6 Å². The third-order valence-electron chi connectivity index (χ3n) is 3.60. The lowest BCUT2D eigenvalue weighted by molar-refractivity contribution is -0.138. The Kier molecular flexibility index (Phi) is 4.37. The highest BCUT2D eigenvalue weighted by Gasteiger charge is 2.39. The molecule has 0 saturated heterocycles. The summed E-state index contributed by atoms with van der Waals surface area (Å²) in [5, 5.41) is 8.90. The Morgan fingerprint density at radius 1 is 1.48 bits per heavy atom. The Morgan fingerprint density at radius 3 is 2.52 bits per heavy atom. The molecule has 21 heavy (non-hydrogen) atoms. The summed E-state index contributed by atoms with van der Waals surface area (Å²) in [6.07, 6.45) is -3.01.